The van der Waals surface area contributed by atoms with E-state index in [1.54, 1.807) is 25.3 Å². The largest absolute Gasteiger partial charge is 0.493 e. The molecule has 1 aliphatic heterocycles. The maximum absolute atomic E-state index is 13.2. The van der Waals surface area contributed by atoms with Gasteiger partial charge in [-0.15, -0.1) is 0 Å². The van der Waals surface area contributed by atoms with Crippen molar-refractivity contribution in [3.8, 4) is 11.5 Å². The van der Waals surface area contributed by atoms with Crippen molar-refractivity contribution in [1.82, 2.24) is 30.8 Å². The predicted molar refractivity (Wildman–Crippen MR) is 146 cm³/mol. The Bertz CT molecular complexity index is 1180. The fourth-order valence-corrected chi connectivity index (χ4v) is 4.35. The van der Waals surface area contributed by atoms with Crippen molar-refractivity contribution < 1.29 is 22.6 Å². The highest BCUT2D eigenvalue weighted by atomic mass is 19.4. The lowest BCUT2D eigenvalue weighted by Crippen LogP contribution is -2.42. The first-order valence-corrected chi connectivity index (χ1v) is 13.2. The van der Waals surface area contributed by atoms with Crippen LogP contribution in [0.25, 0.3) is 10.9 Å². The van der Waals surface area contributed by atoms with Gasteiger partial charge < -0.3 is 35.6 Å². The molecule has 0 unspecified atom stereocenters. The van der Waals surface area contributed by atoms with Crippen molar-refractivity contribution >= 4 is 22.4 Å². The molecule has 1 saturated heterocycles. The lowest BCUT2D eigenvalue weighted by molar-refractivity contribution is -0.137. The van der Waals surface area contributed by atoms with E-state index in [9.17, 15) is 13.2 Å². The molecule has 0 amide bonds. The first-order valence-electron chi connectivity index (χ1n) is 13.2. The molecule has 2 aromatic carbocycles. The zero-order chi connectivity index (χ0) is 27.5. The van der Waals surface area contributed by atoms with Crippen molar-refractivity contribution in [2.45, 2.75) is 12.6 Å². The molecule has 1 fully saturated rings. The molecule has 1 aliphatic rings. The third-order valence-electron chi connectivity index (χ3n) is 6.42. The van der Waals surface area contributed by atoms with Gasteiger partial charge in [0.05, 0.1) is 24.8 Å². The van der Waals surface area contributed by atoms with Crippen LogP contribution in [0, 0.1) is 0 Å². The summed E-state index contributed by atoms with van der Waals surface area (Å²) in [5.74, 6) is 1.43. The van der Waals surface area contributed by atoms with E-state index >= 15 is 0 Å². The Morgan fingerprint density at radius 3 is 2.33 bits per heavy atom. The Morgan fingerprint density at radius 1 is 0.923 bits per heavy atom. The molecule has 0 saturated carbocycles. The second kappa shape index (κ2) is 14.3. The molecular formula is C27H36F3N7O2. The van der Waals surface area contributed by atoms with Gasteiger partial charge in [0.2, 0.25) is 0 Å². The van der Waals surface area contributed by atoms with Gasteiger partial charge >= 0.3 is 6.18 Å². The summed E-state index contributed by atoms with van der Waals surface area (Å²) < 4.78 is 51.1. The van der Waals surface area contributed by atoms with Crippen LogP contribution in [0.1, 0.15) is 12.0 Å². The molecule has 39 heavy (non-hydrogen) atoms. The number of nitrogens with one attached hydrogen (secondary N) is 4. The number of aromatic nitrogens is 2. The van der Waals surface area contributed by atoms with Gasteiger partial charge in [0.15, 0.2) is 11.5 Å². The minimum Gasteiger partial charge on any atom is -0.493 e. The van der Waals surface area contributed by atoms with E-state index in [0.717, 1.165) is 77.5 Å². The lowest BCUT2D eigenvalue weighted by Gasteiger charge is -2.23. The van der Waals surface area contributed by atoms with E-state index in [2.05, 4.69) is 36.1 Å². The summed E-state index contributed by atoms with van der Waals surface area (Å²) in [6, 6.07) is 8.50. The second-order valence-electron chi connectivity index (χ2n) is 9.24. The van der Waals surface area contributed by atoms with Gasteiger partial charge in [-0.05, 0) is 30.7 Å². The molecule has 0 spiro atoms. The Balaban J connectivity index is 1.41. The molecule has 0 atom stereocenters. The fourth-order valence-electron chi connectivity index (χ4n) is 4.35. The highest BCUT2D eigenvalue weighted by Crippen LogP contribution is 2.36. The summed E-state index contributed by atoms with van der Waals surface area (Å²) in [5, 5.41) is 13.9. The number of anilines is 2. The van der Waals surface area contributed by atoms with Crippen LogP contribution < -0.4 is 30.7 Å². The van der Waals surface area contributed by atoms with Crippen LogP contribution in [-0.4, -0.2) is 87.5 Å². The normalized spacial score (nSPS) is 16.3. The number of hydrogen-bond acceptors (Lipinski definition) is 9. The zero-order valence-corrected chi connectivity index (χ0v) is 22.1. The average molecular weight is 548 g/mol. The number of nitrogens with zero attached hydrogens (tertiary/aromatic N) is 3. The Kier molecular flexibility index (Phi) is 10.5. The molecule has 0 radical (unpaired) electrons. The van der Waals surface area contributed by atoms with Crippen LogP contribution >= 0.6 is 0 Å². The summed E-state index contributed by atoms with van der Waals surface area (Å²) in [6.45, 7) is 8.99. The van der Waals surface area contributed by atoms with Crippen molar-refractivity contribution in [2.24, 2.45) is 0 Å². The van der Waals surface area contributed by atoms with Crippen LogP contribution in [0.3, 0.4) is 0 Å². The van der Waals surface area contributed by atoms with Gasteiger partial charge in [0.1, 0.15) is 12.1 Å². The van der Waals surface area contributed by atoms with Gasteiger partial charge in [0.25, 0.3) is 0 Å². The number of ether oxygens (including phenoxy) is 2. The van der Waals surface area contributed by atoms with E-state index in [4.69, 9.17) is 9.47 Å². The van der Waals surface area contributed by atoms with E-state index in [0.29, 0.717) is 34.8 Å². The predicted octanol–water partition coefficient (Wildman–Crippen LogP) is 3.25. The Hall–Kier alpha value is -3.19. The van der Waals surface area contributed by atoms with Crippen molar-refractivity contribution in [2.75, 3.05) is 77.9 Å². The first kappa shape index (κ1) is 28.8. The highest BCUT2D eigenvalue weighted by molar-refractivity contribution is 5.93. The number of rotatable bonds is 8. The minimum atomic E-state index is -4.44. The summed E-state index contributed by atoms with van der Waals surface area (Å²) in [7, 11) is 1.56. The van der Waals surface area contributed by atoms with Gasteiger partial charge in [-0.2, -0.15) is 13.2 Å². The van der Waals surface area contributed by atoms with E-state index in [1.165, 1.54) is 12.4 Å². The van der Waals surface area contributed by atoms with Crippen LogP contribution in [0.2, 0.25) is 0 Å². The zero-order valence-electron chi connectivity index (χ0n) is 22.1. The number of halogens is 3. The number of hydrogen-bond donors (Lipinski definition) is 4. The highest BCUT2D eigenvalue weighted by Gasteiger charge is 2.30. The van der Waals surface area contributed by atoms with E-state index in [-0.39, 0.29) is 5.69 Å². The summed E-state index contributed by atoms with van der Waals surface area (Å²) in [4.78, 5) is 11.0. The maximum Gasteiger partial charge on any atom is 0.416 e. The fraction of sp³-hybridized carbons (Fsp3) is 0.481. The molecule has 2 heterocycles. The molecule has 3 aromatic rings. The maximum atomic E-state index is 13.2. The molecule has 1 aromatic heterocycles. The monoisotopic (exact) mass is 547 g/mol. The van der Waals surface area contributed by atoms with Gasteiger partial charge in [0, 0.05) is 76.0 Å². The topological polar surface area (TPSA) is 95.6 Å². The van der Waals surface area contributed by atoms with Gasteiger partial charge in [-0.25, -0.2) is 9.97 Å². The van der Waals surface area contributed by atoms with Gasteiger partial charge in [-0.1, -0.05) is 6.07 Å². The van der Waals surface area contributed by atoms with Crippen molar-refractivity contribution in [1.29, 1.82) is 0 Å². The Labute approximate surface area is 226 Å². The van der Waals surface area contributed by atoms with Crippen molar-refractivity contribution in [3.05, 3.63) is 48.3 Å². The third-order valence-corrected chi connectivity index (χ3v) is 6.42. The summed E-state index contributed by atoms with van der Waals surface area (Å²) in [6.07, 6.45) is -2.26. The standard InChI is InChI=1S/C27H36F3N7O2/c1-38-24-18-23-22(26(35-19-34-23)36-21-5-2-4-20(16-21)27(28,29)30)17-25(24)39-15-3-12-37-13-10-32-8-6-31-7-9-33-11-14-37/h2,4-5,16-19,31-33H,3,6-15H2,1H3,(H,34,35,36). The molecule has 12 heteroatoms. The number of fused-ring (bicyclic) bond motifs is 1. The number of benzene rings is 2. The second-order valence-corrected chi connectivity index (χ2v) is 9.24. The molecule has 0 aliphatic carbocycles. The SMILES string of the molecule is COc1cc2ncnc(Nc3cccc(C(F)(F)F)c3)c2cc1OCCCN1CCNCCNCCNCC1. The van der Waals surface area contributed by atoms with E-state index < -0.39 is 11.7 Å². The minimum absolute atomic E-state index is 0.273. The smallest absolute Gasteiger partial charge is 0.416 e. The van der Waals surface area contributed by atoms with Crippen LogP contribution in [-0.2, 0) is 6.18 Å². The quantitative estimate of drug-likeness (QED) is 0.317. The summed E-state index contributed by atoms with van der Waals surface area (Å²) in [5.41, 5.74) is 0.116. The molecule has 4 rings (SSSR count). The molecule has 9 nitrogen and oxygen atoms in total. The molecular weight excluding hydrogens is 511 g/mol. The van der Waals surface area contributed by atoms with Gasteiger partial charge in [-0.3, -0.25) is 0 Å². The number of methoxy groups -OCH3 is 1. The summed E-state index contributed by atoms with van der Waals surface area (Å²) >= 11 is 0. The van der Waals surface area contributed by atoms with E-state index in [1.807, 2.05) is 0 Å². The molecule has 0 bridgehead atoms. The van der Waals surface area contributed by atoms with Crippen molar-refractivity contribution in [3.63, 3.8) is 0 Å². The molecule has 4 N–H and O–H groups in total. The van der Waals surface area contributed by atoms with Crippen LogP contribution in [0.5, 0.6) is 11.5 Å². The number of alkyl halides is 3. The average Bonchev–Trinajstić information content (AvgIpc) is 2.91. The molecule has 212 valence electrons. The van der Waals surface area contributed by atoms with Crippen LogP contribution in [0.4, 0.5) is 24.7 Å². The van der Waals surface area contributed by atoms with Crippen LogP contribution in [0.15, 0.2) is 42.7 Å². The lowest BCUT2D eigenvalue weighted by atomic mass is 10.1. The third kappa shape index (κ3) is 8.65. The first-order chi connectivity index (χ1) is 18.9. The Morgan fingerprint density at radius 2 is 1.64 bits per heavy atom.